The van der Waals surface area contributed by atoms with Gasteiger partial charge in [-0.25, -0.2) is 0 Å². The quantitative estimate of drug-likeness (QED) is 0.843. The van der Waals surface area contributed by atoms with E-state index < -0.39 is 0 Å². The summed E-state index contributed by atoms with van der Waals surface area (Å²) in [7, 11) is 0. The van der Waals surface area contributed by atoms with E-state index in [4.69, 9.17) is 0 Å². The highest BCUT2D eigenvalue weighted by Gasteiger charge is 2.25. The fourth-order valence-corrected chi connectivity index (χ4v) is 2.75. The molecule has 0 N–H and O–H groups in total. The average Bonchev–Trinajstić information content (AvgIpc) is 2.96. The van der Waals surface area contributed by atoms with Crippen molar-refractivity contribution in [3.63, 3.8) is 0 Å². The van der Waals surface area contributed by atoms with Crippen molar-refractivity contribution in [1.29, 1.82) is 0 Å². The first-order valence-electron chi connectivity index (χ1n) is 7.31. The summed E-state index contributed by atoms with van der Waals surface area (Å²) in [5.74, 6) is 0.119. The summed E-state index contributed by atoms with van der Waals surface area (Å²) < 4.78 is 0. The standard InChI is InChI=1S/C18H20N2O/c1-14-5-3-7-16(11-14)18(21)20-10-9-19(13-20)17-8-4-6-15(2)12-17/h3-8,11-12H,9-10,13H2,1-2H3. The maximum Gasteiger partial charge on any atom is 0.255 e. The number of aryl methyl sites for hydroxylation is 2. The summed E-state index contributed by atoms with van der Waals surface area (Å²) in [5.41, 5.74) is 4.34. The highest BCUT2D eigenvalue weighted by molar-refractivity contribution is 5.94. The molecule has 0 aliphatic carbocycles. The zero-order chi connectivity index (χ0) is 14.8. The lowest BCUT2D eigenvalue weighted by Gasteiger charge is -2.20. The van der Waals surface area contributed by atoms with Crippen molar-refractivity contribution >= 4 is 11.6 Å². The molecule has 0 unspecified atom stereocenters. The Labute approximate surface area is 125 Å². The van der Waals surface area contributed by atoms with Crippen LogP contribution in [0.15, 0.2) is 48.5 Å². The zero-order valence-corrected chi connectivity index (χ0v) is 12.5. The zero-order valence-electron chi connectivity index (χ0n) is 12.5. The Kier molecular flexibility index (Phi) is 3.65. The van der Waals surface area contributed by atoms with Gasteiger partial charge in [-0.1, -0.05) is 29.8 Å². The Morgan fingerprint density at radius 3 is 2.38 bits per heavy atom. The van der Waals surface area contributed by atoms with E-state index in [9.17, 15) is 4.79 Å². The molecule has 0 radical (unpaired) electrons. The van der Waals surface area contributed by atoms with Crippen molar-refractivity contribution in [2.75, 3.05) is 24.7 Å². The van der Waals surface area contributed by atoms with E-state index in [0.717, 1.165) is 24.2 Å². The van der Waals surface area contributed by atoms with Crippen LogP contribution in [0.1, 0.15) is 21.5 Å². The molecule has 1 saturated heterocycles. The molecular weight excluding hydrogens is 260 g/mol. The molecule has 0 atom stereocenters. The number of amides is 1. The van der Waals surface area contributed by atoms with Crippen LogP contribution in [0.4, 0.5) is 5.69 Å². The minimum absolute atomic E-state index is 0.119. The SMILES string of the molecule is Cc1cccc(C(=O)N2CCN(c3cccc(C)c3)C2)c1. The van der Waals surface area contributed by atoms with Crippen molar-refractivity contribution in [3.8, 4) is 0 Å². The van der Waals surface area contributed by atoms with Gasteiger partial charge in [-0.15, -0.1) is 0 Å². The maximum atomic E-state index is 12.5. The van der Waals surface area contributed by atoms with Gasteiger partial charge in [-0.2, -0.15) is 0 Å². The van der Waals surface area contributed by atoms with Gasteiger partial charge in [0.25, 0.3) is 5.91 Å². The summed E-state index contributed by atoms with van der Waals surface area (Å²) in [5, 5.41) is 0. The molecule has 0 aromatic heterocycles. The third-order valence-corrected chi connectivity index (χ3v) is 3.90. The van der Waals surface area contributed by atoms with Gasteiger partial charge >= 0.3 is 0 Å². The summed E-state index contributed by atoms with van der Waals surface area (Å²) >= 11 is 0. The molecule has 3 heteroatoms. The van der Waals surface area contributed by atoms with Crippen molar-refractivity contribution in [2.24, 2.45) is 0 Å². The highest BCUT2D eigenvalue weighted by atomic mass is 16.2. The molecule has 1 amide bonds. The molecule has 3 nitrogen and oxygen atoms in total. The molecule has 3 rings (SSSR count). The van der Waals surface area contributed by atoms with E-state index in [1.807, 2.05) is 36.1 Å². The van der Waals surface area contributed by atoms with Crippen molar-refractivity contribution in [1.82, 2.24) is 4.90 Å². The largest absolute Gasteiger partial charge is 0.352 e. The van der Waals surface area contributed by atoms with E-state index >= 15 is 0 Å². The lowest BCUT2D eigenvalue weighted by Crippen LogP contribution is -2.31. The smallest absolute Gasteiger partial charge is 0.255 e. The average molecular weight is 280 g/mol. The lowest BCUT2D eigenvalue weighted by molar-refractivity contribution is 0.0794. The van der Waals surface area contributed by atoms with Crippen LogP contribution in [0.2, 0.25) is 0 Å². The third-order valence-electron chi connectivity index (χ3n) is 3.90. The minimum atomic E-state index is 0.119. The number of carbonyl (C=O) groups excluding carboxylic acids is 1. The molecule has 1 fully saturated rings. The second-order valence-corrected chi connectivity index (χ2v) is 5.68. The number of anilines is 1. The highest BCUT2D eigenvalue weighted by Crippen LogP contribution is 2.20. The number of hydrogen-bond acceptors (Lipinski definition) is 2. The van der Waals surface area contributed by atoms with Crippen LogP contribution in [0.3, 0.4) is 0 Å². The molecule has 108 valence electrons. The van der Waals surface area contributed by atoms with Gasteiger partial charge in [0.15, 0.2) is 0 Å². The number of benzene rings is 2. The summed E-state index contributed by atoms with van der Waals surface area (Å²) in [6, 6.07) is 16.2. The Bertz CT molecular complexity index is 666. The van der Waals surface area contributed by atoms with Crippen LogP contribution in [-0.4, -0.2) is 30.6 Å². The number of carbonyl (C=O) groups is 1. The monoisotopic (exact) mass is 280 g/mol. The van der Waals surface area contributed by atoms with Gasteiger partial charge in [0.05, 0.1) is 6.67 Å². The van der Waals surface area contributed by atoms with Crippen LogP contribution < -0.4 is 4.90 Å². The minimum Gasteiger partial charge on any atom is -0.352 e. The van der Waals surface area contributed by atoms with E-state index in [-0.39, 0.29) is 5.91 Å². The Morgan fingerprint density at radius 1 is 0.952 bits per heavy atom. The molecule has 2 aromatic carbocycles. The van der Waals surface area contributed by atoms with Crippen molar-refractivity contribution in [3.05, 3.63) is 65.2 Å². The molecule has 2 aromatic rings. The first-order valence-corrected chi connectivity index (χ1v) is 7.31. The van der Waals surface area contributed by atoms with Crippen LogP contribution in [-0.2, 0) is 0 Å². The maximum absolute atomic E-state index is 12.5. The Morgan fingerprint density at radius 2 is 1.67 bits per heavy atom. The van der Waals surface area contributed by atoms with Gasteiger partial charge in [-0.3, -0.25) is 4.79 Å². The van der Waals surface area contributed by atoms with Crippen LogP contribution in [0.25, 0.3) is 0 Å². The molecular formula is C18H20N2O. The molecule has 0 bridgehead atoms. The lowest BCUT2D eigenvalue weighted by atomic mass is 10.1. The number of hydrogen-bond donors (Lipinski definition) is 0. The molecule has 1 heterocycles. The summed E-state index contributed by atoms with van der Waals surface area (Å²) in [6.07, 6.45) is 0. The molecule has 21 heavy (non-hydrogen) atoms. The van der Waals surface area contributed by atoms with E-state index in [2.05, 4.69) is 36.1 Å². The van der Waals surface area contributed by atoms with E-state index in [1.54, 1.807) is 0 Å². The van der Waals surface area contributed by atoms with Gasteiger partial charge in [-0.05, 0) is 43.7 Å². The molecule has 1 aliphatic heterocycles. The van der Waals surface area contributed by atoms with Gasteiger partial charge in [0, 0.05) is 24.3 Å². The normalized spacial score (nSPS) is 14.6. The van der Waals surface area contributed by atoms with Crippen molar-refractivity contribution < 1.29 is 4.79 Å². The Hall–Kier alpha value is -2.29. The van der Waals surface area contributed by atoms with E-state index in [0.29, 0.717) is 6.67 Å². The molecule has 1 aliphatic rings. The number of nitrogens with zero attached hydrogens (tertiary/aromatic N) is 2. The first kappa shape index (κ1) is 13.7. The number of rotatable bonds is 2. The van der Waals surface area contributed by atoms with Gasteiger partial charge in [0.2, 0.25) is 0 Å². The second-order valence-electron chi connectivity index (χ2n) is 5.68. The Balaban J connectivity index is 1.74. The van der Waals surface area contributed by atoms with Crippen molar-refractivity contribution in [2.45, 2.75) is 13.8 Å². The summed E-state index contributed by atoms with van der Waals surface area (Å²) in [4.78, 5) is 16.7. The fraction of sp³-hybridized carbons (Fsp3) is 0.278. The third kappa shape index (κ3) is 2.92. The van der Waals surface area contributed by atoms with Crippen LogP contribution in [0.5, 0.6) is 0 Å². The second kappa shape index (κ2) is 5.60. The van der Waals surface area contributed by atoms with E-state index in [1.165, 1.54) is 11.3 Å². The van der Waals surface area contributed by atoms with Crippen LogP contribution in [0, 0.1) is 13.8 Å². The summed E-state index contributed by atoms with van der Waals surface area (Å²) in [6.45, 7) is 6.44. The van der Waals surface area contributed by atoms with Gasteiger partial charge in [0.1, 0.15) is 0 Å². The molecule has 0 saturated carbocycles. The predicted molar refractivity (Wildman–Crippen MR) is 85.6 cm³/mol. The van der Waals surface area contributed by atoms with Gasteiger partial charge < -0.3 is 9.80 Å². The van der Waals surface area contributed by atoms with Crippen LogP contribution >= 0.6 is 0 Å². The molecule has 0 spiro atoms. The predicted octanol–water partition coefficient (Wildman–Crippen LogP) is 3.22. The first-order chi connectivity index (χ1) is 10.1. The fourth-order valence-electron chi connectivity index (χ4n) is 2.75. The topological polar surface area (TPSA) is 23.6 Å².